The van der Waals surface area contributed by atoms with Gasteiger partial charge in [-0.2, -0.15) is 0 Å². The maximum Gasteiger partial charge on any atom is 0.0754 e. The van der Waals surface area contributed by atoms with Gasteiger partial charge < -0.3 is 21.1 Å². The standard InChI is InChI=1S/C19H39N3O/c1-16(2,3)19(8-13-22-14-9-19)23-15-10-17(4,5)18(20)6-11-21-12-7-18/h21-22H,6-15,20H2,1-5H3. The molecule has 4 nitrogen and oxygen atoms in total. The van der Waals surface area contributed by atoms with Crippen molar-refractivity contribution in [3.05, 3.63) is 0 Å². The SMILES string of the molecule is CC(C)(C)C1(OCCC(C)(C)C2(N)CCNCC2)CCNCC1. The van der Waals surface area contributed by atoms with Crippen LogP contribution in [0.2, 0.25) is 0 Å². The van der Waals surface area contributed by atoms with Crippen molar-refractivity contribution in [2.24, 2.45) is 16.6 Å². The number of piperidine rings is 2. The fourth-order valence-corrected chi connectivity index (χ4v) is 4.24. The Morgan fingerprint density at radius 2 is 1.35 bits per heavy atom. The number of nitrogens with two attached hydrogens (primary N) is 1. The summed E-state index contributed by atoms with van der Waals surface area (Å²) in [5, 5.41) is 6.90. The van der Waals surface area contributed by atoms with E-state index in [1.165, 1.54) is 0 Å². The minimum absolute atomic E-state index is 0.00418. The monoisotopic (exact) mass is 325 g/mol. The zero-order chi connectivity index (χ0) is 17.2. The van der Waals surface area contributed by atoms with Crippen molar-refractivity contribution in [2.75, 3.05) is 32.8 Å². The van der Waals surface area contributed by atoms with Crippen LogP contribution < -0.4 is 16.4 Å². The van der Waals surface area contributed by atoms with E-state index in [1.807, 2.05) is 0 Å². The first-order valence-electron chi connectivity index (χ1n) is 9.46. The normalized spacial score (nSPS) is 25.3. The molecule has 0 aliphatic carbocycles. The van der Waals surface area contributed by atoms with Crippen LogP contribution in [0.4, 0.5) is 0 Å². The number of nitrogens with one attached hydrogen (secondary N) is 2. The Balaban J connectivity index is 1.96. The zero-order valence-electron chi connectivity index (χ0n) is 16.1. The number of ether oxygens (including phenoxy) is 1. The number of rotatable bonds is 5. The summed E-state index contributed by atoms with van der Waals surface area (Å²) in [6.45, 7) is 16.6. The van der Waals surface area contributed by atoms with Crippen molar-refractivity contribution in [2.45, 2.75) is 77.9 Å². The van der Waals surface area contributed by atoms with Crippen molar-refractivity contribution in [1.29, 1.82) is 0 Å². The van der Waals surface area contributed by atoms with Gasteiger partial charge in [-0.15, -0.1) is 0 Å². The lowest BCUT2D eigenvalue weighted by Gasteiger charge is -2.50. The van der Waals surface area contributed by atoms with Crippen molar-refractivity contribution in [1.82, 2.24) is 10.6 Å². The predicted molar refractivity (Wildman–Crippen MR) is 97.7 cm³/mol. The summed E-state index contributed by atoms with van der Waals surface area (Å²) in [6, 6.07) is 0. The Kier molecular flexibility index (Phi) is 5.82. The molecule has 0 aromatic carbocycles. The molecule has 2 fully saturated rings. The molecule has 2 aliphatic rings. The molecule has 0 spiro atoms. The van der Waals surface area contributed by atoms with Gasteiger partial charge in [0.15, 0.2) is 0 Å². The molecule has 0 radical (unpaired) electrons. The molecule has 23 heavy (non-hydrogen) atoms. The maximum atomic E-state index is 6.77. The molecule has 2 saturated heterocycles. The molecule has 0 aromatic rings. The summed E-state index contributed by atoms with van der Waals surface area (Å²) in [6.07, 6.45) is 5.38. The second-order valence-corrected chi connectivity index (χ2v) is 9.38. The lowest BCUT2D eigenvalue weighted by atomic mass is 9.66. The van der Waals surface area contributed by atoms with Gasteiger partial charge in [0, 0.05) is 12.1 Å². The molecule has 0 amide bonds. The van der Waals surface area contributed by atoms with Gasteiger partial charge >= 0.3 is 0 Å². The van der Waals surface area contributed by atoms with E-state index in [0.717, 1.165) is 64.9 Å². The van der Waals surface area contributed by atoms with Crippen molar-refractivity contribution >= 4 is 0 Å². The molecule has 0 aromatic heterocycles. The van der Waals surface area contributed by atoms with Gasteiger partial charge in [-0.1, -0.05) is 34.6 Å². The van der Waals surface area contributed by atoms with Crippen molar-refractivity contribution in [3.8, 4) is 0 Å². The Labute approximate surface area is 143 Å². The van der Waals surface area contributed by atoms with Crippen LogP contribution in [0.5, 0.6) is 0 Å². The average molecular weight is 326 g/mol. The fraction of sp³-hybridized carbons (Fsp3) is 1.00. The molecule has 2 aliphatic heterocycles. The Bertz CT molecular complexity index is 375. The van der Waals surface area contributed by atoms with Crippen LogP contribution in [0.3, 0.4) is 0 Å². The second-order valence-electron chi connectivity index (χ2n) is 9.38. The summed E-state index contributed by atoms with van der Waals surface area (Å²) in [5.74, 6) is 0. The third-order valence-corrected chi connectivity index (χ3v) is 6.73. The van der Waals surface area contributed by atoms with Crippen LogP contribution >= 0.6 is 0 Å². The largest absolute Gasteiger partial charge is 0.374 e. The predicted octanol–water partition coefficient (Wildman–Crippen LogP) is 2.67. The van der Waals surface area contributed by atoms with Gasteiger partial charge in [-0.3, -0.25) is 0 Å². The van der Waals surface area contributed by atoms with Gasteiger partial charge in [0.05, 0.1) is 5.60 Å². The van der Waals surface area contributed by atoms with E-state index in [4.69, 9.17) is 10.5 Å². The molecule has 0 atom stereocenters. The molecule has 0 saturated carbocycles. The summed E-state index contributed by atoms with van der Waals surface area (Å²) in [7, 11) is 0. The minimum atomic E-state index is -0.0649. The Hall–Kier alpha value is -0.160. The van der Waals surface area contributed by atoms with E-state index in [9.17, 15) is 0 Å². The highest BCUT2D eigenvalue weighted by atomic mass is 16.5. The minimum Gasteiger partial charge on any atom is -0.374 e. The molecule has 4 N–H and O–H groups in total. The molecule has 0 unspecified atom stereocenters. The van der Waals surface area contributed by atoms with Gasteiger partial charge in [0.2, 0.25) is 0 Å². The van der Waals surface area contributed by atoms with Gasteiger partial charge in [-0.25, -0.2) is 0 Å². The van der Waals surface area contributed by atoms with E-state index in [0.29, 0.717) is 0 Å². The van der Waals surface area contributed by atoms with Gasteiger partial charge in [0.25, 0.3) is 0 Å². The van der Waals surface area contributed by atoms with Crippen LogP contribution in [0.1, 0.15) is 66.7 Å². The van der Waals surface area contributed by atoms with Gasteiger partial charge in [-0.05, 0) is 69.1 Å². The van der Waals surface area contributed by atoms with Crippen LogP contribution in [-0.4, -0.2) is 43.9 Å². The second kappa shape index (κ2) is 6.99. The molecular formula is C19H39N3O. The lowest BCUT2D eigenvalue weighted by molar-refractivity contribution is -0.141. The summed E-state index contributed by atoms with van der Waals surface area (Å²) in [4.78, 5) is 0. The third kappa shape index (κ3) is 4.09. The quantitative estimate of drug-likeness (QED) is 0.727. The highest BCUT2D eigenvalue weighted by Crippen LogP contribution is 2.43. The Morgan fingerprint density at radius 3 is 1.83 bits per heavy atom. The Morgan fingerprint density at radius 1 is 0.870 bits per heavy atom. The van der Waals surface area contributed by atoms with Crippen molar-refractivity contribution in [3.63, 3.8) is 0 Å². The van der Waals surface area contributed by atoms with E-state index in [-0.39, 0.29) is 22.0 Å². The van der Waals surface area contributed by atoms with E-state index >= 15 is 0 Å². The van der Waals surface area contributed by atoms with Gasteiger partial charge in [0.1, 0.15) is 0 Å². The molecule has 2 heterocycles. The smallest absolute Gasteiger partial charge is 0.0754 e. The first kappa shape index (κ1) is 19.2. The van der Waals surface area contributed by atoms with Crippen molar-refractivity contribution < 1.29 is 4.74 Å². The van der Waals surface area contributed by atoms with E-state index in [2.05, 4.69) is 45.3 Å². The number of hydrogen-bond acceptors (Lipinski definition) is 4. The van der Waals surface area contributed by atoms with Crippen LogP contribution in [0.25, 0.3) is 0 Å². The lowest BCUT2D eigenvalue weighted by Crippen LogP contribution is -2.59. The fourth-order valence-electron chi connectivity index (χ4n) is 4.24. The first-order valence-corrected chi connectivity index (χ1v) is 9.46. The highest BCUT2D eigenvalue weighted by molar-refractivity contribution is 5.01. The van der Waals surface area contributed by atoms with Crippen LogP contribution in [0, 0.1) is 10.8 Å². The maximum absolute atomic E-state index is 6.77. The summed E-state index contributed by atoms with van der Waals surface area (Å²) < 4.78 is 6.60. The number of hydrogen-bond donors (Lipinski definition) is 3. The topological polar surface area (TPSA) is 59.3 Å². The average Bonchev–Trinajstić information content (AvgIpc) is 2.47. The molecule has 0 bridgehead atoms. The molecule has 136 valence electrons. The molecule has 2 rings (SSSR count). The summed E-state index contributed by atoms with van der Waals surface area (Å²) in [5.41, 5.74) is 7.00. The zero-order valence-corrected chi connectivity index (χ0v) is 16.1. The third-order valence-electron chi connectivity index (χ3n) is 6.73. The molecular weight excluding hydrogens is 286 g/mol. The van der Waals surface area contributed by atoms with Crippen LogP contribution in [0.15, 0.2) is 0 Å². The molecule has 4 heteroatoms. The van der Waals surface area contributed by atoms with E-state index in [1.54, 1.807) is 0 Å². The summed E-state index contributed by atoms with van der Waals surface area (Å²) >= 11 is 0. The first-order chi connectivity index (χ1) is 10.6. The van der Waals surface area contributed by atoms with E-state index < -0.39 is 0 Å². The van der Waals surface area contributed by atoms with Crippen LogP contribution in [-0.2, 0) is 4.74 Å². The highest BCUT2D eigenvalue weighted by Gasteiger charge is 2.45.